The van der Waals surface area contributed by atoms with Crippen LogP contribution in [-0.4, -0.2) is 27.8 Å². The summed E-state index contributed by atoms with van der Waals surface area (Å²) in [5.41, 5.74) is 0.682. The molecule has 0 N–H and O–H groups in total. The monoisotopic (exact) mass is 310 g/mol. The molecule has 0 radical (unpaired) electrons. The zero-order chi connectivity index (χ0) is 14.3. The van der Waals surface area contributed by atoms with Gasteiger partial charge in [0.1, 0.15) is 5.82 Å². The number of nitrogens with zero attached hydrogens (tertiary/aromatic N) is 2. The van der Waals surface area contributed by atoms with E-state index in [4.69, 9.17) is 0 Å². The van der Waals surface area contributed by atoms with E-state index >= 15 is 0 Å². The van der Waals surface area contributed by atoms with Crippen LogP contribution < -0.4 is 4.90 Å². The fourth-order valence-corrected chi connectivity index (χ4v) is 4.11. The predicted molar refractivity (Wildman–Crippen MR) is 78.6 cm³/mol. The molecule has 1 aliphatic heterocycles. The summed E-state index contributed by atoms with van der Waals surface area (Å²) >= 11 is 2.48. The Kier molecular flexibility index (Phi) is 3.47. The third-order valence-corrected chi connectivity index (χ3v) is 5.01. The molecule has 1 fully saturated rings. The number of anilines is 1. The molecule has 1 atom stereocenters. The van der Waals surface area contributed by atoms with E-state index in [1.165, 1.54) is 42.2 Å². The number of fused-ring (bicyclic) bond motifs is 1. The second-order valence-corrected chi connectivity index (χ2v) is 7.03. The van der Waals surface area contributed by atoms with Gasteiger partial charge in [0.15, 0.2) is 10.2 Å². The molecule has 2 aromatic rings. The maximum absolute atomic E-state index is 13.2. The average molecular weight is 310 g/mol. The van der Waals surface area contributed by atoms with Crippen LogP contribution in [0.2, 0.25) is 0 Å². The first-order valence-corrected chi connectivity index (χ1v) is 7.76. The van der Waals surface area contributed by atoms with Crippen LogP contribution in [0.5, 0.6) is 0 Å². The topological polar surface area (TPSA) is 50.3 Å². The minimum atomic E-state index is -0.314. The summed E-state index contributed by atoms with van der Waals surface area (Å²) < 4.78 is 13.9. The van der Waals surface area contributed by atoms with E-state index in [0.717, 1.165) is 4.70 Å². The largest absolute Gasteiger partial charge is 0.288 e. The van der Waals surface area contributed by atoms with Crippen molar-refractivity contribution in [1.29, 1.82) is 0 Å². The van der Waals surface area contributed by atoms with E-state index < -0.39 is 0 Å². The number of aromatic nitrogens is 1. The number of hydrogen-bond donors (Lipinski definition) is 0. The summed E-state index contributed by atoms with van der Waals surface area (Å²) in [4.78, 5) is 29.1. The van der Waals surface area contributed by atoms with Gasteiger partial charge in [0.2, 0.25) is 5.91 Å². The fraction of sp³-hybridized carbons (Fsp3) is 0.308. The fourth-order valence-electron chi connectivity index (χ4n) is 2.18. The average Bonchev–Trinajstić information content (AvgIpc) is 2.91. The molecule has 0 spiro atoms. The van der Waals surface area contributed by atoms with Crippen molar-refractivity contribution < 1.29 is 14.0 Å². The van der Waals surface area contributed by atoms with Gasteiger partial charge in [-0.05, 0) is 18.2 Å². The first-order valence-electron chi connectivity index (χ1n) is 6.06. The molecule has 104 valence electrons. The number of hydrogen-bond acceptors (Lipinski definition) is 5. The van der Waals surface area contributed by atoms with E-state index in [1.807, 2.05) is 0 Å². The van der Waals surface area contributed by atoms with Crippen LogP contribution >= 0.6 is 23.1 Å². The standard InChI is InChI=1S/C13H11FN2O2S2/c1-7(17)19-9-5-12(18)16(6-9)13-15-10-3-2-8(14)4-11(10)20-13/h2-4,9H,5-6H2,1H3. The van der Waals surface area contributed by atoms with E-state index in [-0.39, 0.29) is 22.1 Å². The number of thiazole rings is 1. The summed E-state index contributed by atoms with van der Waals surface area (Å²) in [6.07, 6.45) is 0.342. The molecule has 1 unspecified atom stereocenters. The van der Waals surface area contributed by atoms with E-state index in [9.17, 15) is 14.0 Å². The Morgan fingerprint density at radius 1 is 1.55 bits per heavy atom. The van der Waals surface area contributed by atoms with Gasteiger partial charge in [0.25, 0.3) is 0 Å². The van der Waals surface area contributed by atoms with Gasteiger partial charge >= 0.3 is 0 Å². The van der Waals surface area contributed by atoms with E-state index in [0.29, 0.717) is 23.6 Å². The summed E-state index contributed by atoms with van der Waals surface area (Å²) in [6, 6.07) is 4.37. The Bertz CT molecular complexity index is 701. The molecular formula is C13H11FN2O2S2. The van der Waals surface area contributed by atoms with Crippen LogP contribution in [0, 0.1) is 5.82 Å². The van der Waals surface area contributed by atoms with Crippen molar-refractivity contribution in [3.63, 3.8) is 0 Å². The van der Waals surface area contributed by atoms with Crippen LogP contribution in [0.4, 0.5) is 9.52 Å². The maximum Gasteiger partial charge on any atom is 0.230 e. The van der Waals surface area contributed by atoms with Gasteiger partial charge in [-0.15, -0.1) is 0 Å². The molecule has 2 heterocycles. The Morgan fingerprint density at radius 2 is 2.35 bits per heavy atom. The summed E-state index contributed by atoms with van der Waals surface area (Å²) in [6.45, 7) is 1.98. The summed E-state index contributed by atoms with van der Waals surface area (Å²) in [5.74, 6) is -0.353. The molecule has 20 heavy (non-hydrogen) atoms. The minimum Gasteiger partial charge on any atom is -0.288 e. The molecule has 1 saturated heterocycles. The van der Waals surface area contributed by atoms with Crippen molar-refractivity contribution in [1.82, 2.24) is 4.98 Å². The van der Waals surface area contributed by atoms with Crippen LogP contribution in [0.3, 0.4) is 0 Å². The molecule has 3 rings (SSSR count). The molecule has 1 aliphatic rings. The number of benzene rings is 1. The number of carbonyl (C=O) groups is 2. The van der Waals surface area contributed by atoms with E-state index in [1.54, 1.807) is 11.0 Å². The molecule has 1 amide bonds. The van der Waals surface area contributed by atoms with Gasteiger partial charge in [-0.1, -0.05) is 23.1 Å². The Hall–Kier alpha value is -1.47. The van der Waals surface area contributed by atoms with Gasteiger partial charge < -0.3 is 0 Å². The highest BCUT2D eigenvalue weighted by molar-refractivity contribution is 8.14. The van der Waals surface area contributed by atoms with Crippen molar-refractivity contribution in [3.05, 3.63) is 24.0 Å². The highest BCUT2D eigenvalue weighted by Crippen LogP contribution is 2.34. The second-order valence-electron chi connectivity index (χ2n) is 4.55. The van der Waals surface area contributed by atoms with Gasteiger partial charge in [-0.2, -0.15) is 0 Å². The van der Waals surface area contributed by atoms with Crippen LogP contribution in [0.1, 0.15) is 13.3 Å². The predicted octanol–water partition coefficient (Wildman–Crippen LogP) is 2.82. The van der Waals surface area contributed by atoms with Gasteiger partial charge in [-0.25, -0.2) is 9.37 Å². The zero-order valence-electron chi connectivity index (χ0n) is 10.6. The first kappa shape index (κ1) is 13.5. The smallest absolute Gasteiger partial charge is 0.230 e. The lowest BCUT2D eigenvalue weighted by molar-refractivity contribution is -0.117. The molecular weight excluding hydrogens is 299 g/mol. The number of amides is 1. The lowest BCUT2D eigenvalue weighted by Crippen LogP contribution is -2.24. The Balaban J connectivity index is 1.87. The third-order valence-electron chi connectivity index (χ3n) is 2.99. The quantitative estimate of drug-likeness (QED) is 0.856. The lowest BCUT2D eigenvalue weighted by Gasteiger charge is -2.11. The van der Waals surface area contributed by atoms with E-state index in [2.05, 4.69) is 4.98 Å². The molecule has 0 aliphatic carbocycles. The number of carbonyl (C=O) groups excluding carboxylic acids is 2. The maximum atomic E-state index is 13.2. The normalized spacial score (nSPS) is 19.0. The van der Waals surface area contributed by atoms with Crippen LogP contribution in [0.25, 0.3) is 10.2 Å². The third kappa shape index (κ3) is 2.55. The summed E-state index contributed by atoms with van der Waals surface area (Å²) in [5, 5.41) is 0.557. The van der Waals surface area contributed by atoms with Gasteiger partial charge in [-0.3, -0.25) is 14.5 Å². The molecule has 1 aromatic carbocycles. The first-order chi connectivity index (χ1) is 9.52. The molecule has 1 aromatic heterocycles. The lowest BCUT2D eigenvalue weighted by atomic mass is 10.3. The zero-order valence-corrected chi connectivity index (χ0v) is 12.3. The van der Waals surface area contributed by atoms with Crippen molar-refractivity contribution >= 4 is 49.5 Å². The second kappa shape index (κ2) is 5.14. The van der Waals surface area contributed by atoms with Crippen molar-refractivity contribution in [2.75, 3.05) is 11.4 Å². The highest BCUT2D eigenvalue weighted by atomic mass is 32.2. The SMILES string of the molecule is CC(=O)SC1CC(=O)N(c2nc3ccc(F)cc3s2)C1. The molecule has 7 heteroatoms. The Morgan fingerprint density at radius 3 is 3.10 bits per heavy atom. The number of halogens is 1. The van der Waals surface area contributed by atoms with Crippen molar-refractivity contribution in [2.45, 2.75) is 18.6 Å². The van der Waals surface area contributed by atoms with Crippen molar-refractivity contribution in [3.8, 4) is 0 Å². The van der Waals surface area contributed by atoms with Crippen molar-refractivity contribution in [2.24, 2.45) is 0 Å². The molecule has 0 saturated carbocycles. The van der Waals surface area contributed by atoms with Crippen LogP contribution in [-0.2, 0) is 9.59 Å². The summed E-state index contributed by atoms with van der Waals surface area (Å²) in [7, 11) is 0. The Labute approximate surface area is 123 Å². The molecule has 4 nitrogen and oxygen atoms in total. The highest BCUT2D eigenvalue weighted by Gasteiger charge is 2.33. The van der Waals surface area contributed by atoms with Gasteiger partial charge in [0.05, 0.1) is 10.2 Å². The van der Waals surface area contributed by atoms with Gasteiger partial charge in [0, 0.05) is 25.1 Å². The number of thioether (sulfide) groups is 1. The number of rotatable bonds is 2. The minimum absolute atomic E-state index is 0.0102. The molecule has 0 bridgehead atoms. The van der Waals surface area contributed by atoms with Crippen LogP contribution in [0.15, 0.2) is 18.2 Å².